The Bertz CT molecular complexity index is 2380. The molecule has 244 valence electrons. The number of anilines is 3. The van der Waals surface area contributed by atoms with Gasteiger partial charge in [-0.25, -0.2) is 0 Å². The zero-order valence-corrected chi connectivity index (χ0v) is 28.0. The van der Waals surface area contributed by atoms with Crippen LogP contribution in [0.5, 0.6) is 23.0 Å². The average Bonchev–Trinajstić information content (AvgIpc) is 3.63. The van der Waals surface area contributed by atoms with E-state index in [0.29, 0.717) is 11.5 Å². The van der Waals surface area contributed by atoms with Crippen molar-refractivity contribution in [2.75, 3.05) is 11.9 Å². The number of rotatable bonds is 10. The number of hydrogen-bond acceptors (Lipinski definition) is 4. The molecule has 6 aromatic carbocycles. The van der Waals surface area contributed by atoms with Crippen LogP contribution in [-0.4, -0.2) is 27.2 Å². The molecule has 1 aliphatic heterocycles. The lowest BCUT2D eigenvalue weighted by atomic mass is 10.0. The molecule has 1 aliphatic rings. The Balaban J connectivity index is 1.21. The number of ether oxygens (including phenoxy) is 2. The first kappa shape index (κ1) is 31.3. The van der Waals surface area contributed by atoms with E-state index in [-0.39, 0.29) is 0 Å². The lowest BCUT2D eigenvalue weighted by Crippen LogP contribution is -2.10. The van der Waals surface area contributed by atoms with Crippen molar-refractivity contribution in [2.45, 2.75) is 0 Å². The smallest absolute Gasteiger partial charge is 0.457 e. The molecular formula is C45H34N4O2+2. The van der Waals surface area contributed by atoms with Crippen LogP contribution in [0.2, 0.25) is 0 Å². The molecule has 6 nitrogen and oxygen atoms in total. The van der Waals surface area contributed by atoms with E-state index in [9.17, 15) is 0 Å². The van der Waals surface area contributed by atoms with E-state index in [2.05, 4.69) is 89.8 Å². The van der Waals surface area contributed by atoms with Gasteiger partial charge in [-0.05, 0) is 90.0 Å². The summed E-state index contributed by atoms with van der Waals surface area (Å²) in [6.07, 6.45) is 5.78. The monoisotopic (exact) mass is 662 g/mol. The van der Waals surface area contributed by atoms with Gasteiger partial charge in [-0.3, -0.25) is 4.98 Å². The zero-order chi connectivity index (χ0) is 34.4. The number of pyridine rings is 1. The van der Waals surface area contributed by atoms with E-state index in [4.69, 9.17) is 14.5 Å². The number of nitrogens with zero attached hydrogens (tertiary/aromatic N) is 4. The maximum atomic E-state index is 6.65. The van der Waals surface area contributed by atoms with Crippen molar-refractivity contribution < 1.29 is 18.6 Å². The molecule has 2 heterocycles. The Kier molecular flexibility index (Phi) is 8.72. The van der Waals surface area contributed by atoms with Crippen LogP contribution in [0.15, 0.2) is 188 Å². The van der Waals surface area contributed by atoms with Crippen LogP contribution in [0.25, 0.3) is 22.4 Å². The molecule has 1 aromatic heterocycles. The fourth-order valence-corrected chi connectivity index (χ4v) is 6.03. The lowest BCUT2D eigenvalue weighted by Gasteiger charge is -2.26. The molecule has 0 atom stereocenters. The Labute approximate surface area is 297 Å². The van der Waals surface area contributed by atoms with Crippen molar-refractivity contribution in [3.05, 3.63) is 188 Å². The van der Waals surface area contributed by atoms with Crippen LogP contribution in [0.3, 0.4) is 0 Å². The Morgan fingerprint density at radius 2 is 1.10 bits per heavy atom. The highest BCUT2D eigenvalue weighted by atomic mass is 16.5. The van der Waals surface area contributed by atoms with Gasteiger partial charge in [0, 0.05) is 35.3 Å². The van der Waals surface area contributed by atoms with Crippen molar-refractivity contribution in [2.24, 2.45) is 0 Å². The van der Waals surface area contributed by atoms with Gasteiger partial charge in [-0.2, -0.15) is 0 Å². The molecule has 0 bridgehead atoms. The molecule has 0 N–H and O–H groups in total. The molecule has 0 saturated carbocycles. The van der Waals surface area contributed by atoms with Crippen LogP contribution in [-0.2, 0) is 0 Å². The highest BCUT2D eigenvalue weighted by Gasteiger charge is 2.19. The first-order valence-corrected chi connectivity index (χ1v) is 16.7. The first-order chi connectivity index (χ1) is 25.1. The van der Waals surface area contributed by atoms with Gasteiger partial charge in [0.25, 0.3) is 6.20 Å². The molecule has 51 heavy (non-hydrogen) atoms. The van der Waals surface area contributed by atoms with E-state index in [0.717, 1.165) is 56.6 Å². The summed E-state index contributed by atoms with van der Waals surface area (Å²) in [5.74, 6) is 2.96. The molecule has 0 fully saturated rings. The number of para-hydroxylation sites is 3. The van der Waals surface area contributed by atoms with Gasteiger partial charge in [0.2, 0.25) is 11.9 Å². The van der Waals surface area contributed by atoms with Crippen LogP contribution in [0, 0.1) is 0 Å². The third-order valence-corrected chi connectivity index (χ3v) is 8.42. The fourth-order valence-electron chi connectivity index (χ4n) is 6.03. The molecule has 7 aromatic rings. The van der Waals surface area contributed by atoms with Gasteiger partial charge in [-0.15, -0.1) is 0 Å². The van der Waals surface area contributed by atoms with Gasteiger partial charge in [0.15, 0.2) is 7.05 Å². The van der Waals surface area contributed by atoms with E-state index in [1.54, 1.807) is 0 Å². The summed E-state index contributed by atoms with van der Waals surface area (Å²) >= 11 is 0. The second-order valence-corrected chi connectivity index (χ2v) is 12.1. The largest absolute Gasteiger partial charge is 0.495 e. The third-order valence-electron chi connectivity index (χ3n) is 8.42. The topological polar surface area (TPSA) is 40.6 Å². The summed E-state index contributed by atoms with van der Waals surface area (Å²) in [6, 6.07) is 60.3. The van der Waals surface area contributed by atoms with Gasteiger partial charge in [0.05, 0.1) is 17.4 Å². The normalized spacial score (nSPS) is 11.9. The average molecular weight is 663 g/mol. The highest BCUT2D eigenvalue weighted by Crippen LogP contribution is 2.40. The molecule has 0 unspecified atom stereocenters. The lowest BCUT2D eigenvalue weighted by molar-refractivity contribution is -0.429. The molecular weight excluding hydrogens is 629 g/mol. The van der Waals surface area contributed by atoms with E-state index in [1.165, 1.54) is 0 Å². The molecule has 8 rings (SSSR count). The molecule has 0 aliphatic carbocycles. The quantitative estimate of drug-likeness (QED) is 0.137. The zero-order valence-electron chi connectivity index (χ0n) is 28.0. The molecule has 6 heteroatoms. The van der Waals surface area contributed by atoms with Gasteiger partial charge >= 0.3 is 6.01 Å². The Morgan fingerprint density at radius 1 is 0.490 bits per heavy atom. The third kappa shape index (κ3) is 7.22. The van der Waals surface area contributed by atoms with Crippen LogP contribution < -0.4 is 14.4 Å². The van der Waals surface area contributed by atoms with E-state index >= 15 is 0 Å². The number of aromatic nitrogens is 1. The predicted molar refractivity (Wildman–Crippen MR) is 203 cm³/mol. The highest BCUT2D eigenvalue weighted by molar-refractivity contribution is 5.81. The summed E-state index contributed by atoms with van der Waals surface area (Å²) in [5, 5.41) is 0. The van der Waals surface area contributed by atoms with Crippen molar-refractivity contribution in [3.63, 3.8) is 0 Å². The standard InChI is InChI=1S/C45H34N4O2/c1-47-25-26-48(33-47)39-18-12-22-43(31-39)51-44-29-36(27-40(32-44)49(37-14-5-2-6-15-37)38-16-7-3-8-17-38)45-30-35(23-24-46-45)34-13-11-21-42(28-34)50-41-19-9-4-10-20-41/h2-32H,1H3/q+2. The summed E-state index contributed by atoms with van der Waals surface area (Å²) in [4.78, 5) is 7.09. The molecule has 0 radical (unpaired) electrons. The minimum Gasteiger partial charge on any atom is -0.457 e. The van der Waals surface area contributed by atoms with Crippen molar-refractivity contribution in [1.82, 2.24) is 4.98 Å². The van der Waals surface area contributed by atoms with Crippen LogP contribution in [0.4, 0.5) is 22.7 Å². The van der Waals surface area contributed by atoms with Gasteiger partial charge in [-0.1, -0.05) is 81.9 Å². The maximum Gasteiger partial charge on any atom is 0.495 e. The Morgan fingerprint density at radius 3 is 1.80 bits per heavy atom. The van der Waals surface area contributed by atoms with Crippen molar-refractivity contribution in [1.29, 1.82) is 0 Å². The van der Waals surface area contributed by atoms with E-state index in [1.807, 2.05) is 126 Å². The van der Waals surface area contributed by atoms with Crippen molar-refractivity contribution in [3.8, 4) is 45.4 Å². The number of hydrogen-bond donors (Lipinski definition) is 0. The summed E-state index contributed by atoms with van der Waals surface area (Å²) in [7, 11) is 1.95. The summed E-state index contributed by atoms with van der Waals surface area (Å²) < 4.78 is 16.6. The predicted octanol–water partition coefficient (Wildman–Crippen LogP) is 11.4. The second-order valence-electron chi connectivity index (χ2n) is 12.1. The second kappa shape index (κ2) is 14.2. The fraction of sp³-hybridized carbons (Fsp3) is 0.0222. The molecule has 0 spiro atoms. The van der Waals surface area contributed by atoms with Crippen LogP contribution >= 0.6 is 0 Å². The van der Waals surface area contributed by atoms with Gasteiger partial charge < -0.3 is 14.4 Å². The Hall–Kier alpha value is -7.01. The van der Waals surface area contributed by atoms with E-state index < -0.39 is 0 Å². The number of benzene rings is 6. The first-order valence-electron chi connectivity index (χ1n) is 16.7. The summed E-state index contributed by atoms with van der Waals surface area (Å²) in [6.45, 7) is 0. The minimum atomic E-state index is 0.684. The molecule has 0 amide bonds. The molecule has 0 saturated heterocycles. The summed E-state index contributed by atoms with van der Waals surface area (Å²) in [5.41, 5.74) is 7.74. The minimum absolute atomic E-state index is 0.684. The van der Waals surface area contributed by atoms with Crippen LogP contribution in [0.1, 0.15) is 0 Å². The van der Waals surface area contributed by atoms with Gasteiger partial charge in [0.1, 0.15) is 23.0 Å². The maximum absolute atomic E-state index is 6.65. The van der Waals surface area contributed by atoms with Crippen molar-refractivity contribution >= 4 is 28.8 Å². The SMILES string of the molecule is C[N+]1=C=[N+](c2cccc(Oc3cc(-c4cc(-c5cccc(Oc6ccccc6)c5)ccn4)cc(N(c4ccccc4)c4ccccc4)c3)c2)C=C1.